The minimum absolute atomic E-state index is 0.0497. The number of halogens is 1. The first kappa shape index (κ1) is 17.5. The van der Waals surface area contributed by atoms with Crippen LogP contribution in [0.5, 0.6) is 5.75 Å². The first-order chi connectivity index (χ1) is 10.5. The summed E-state index contributed by atoms with van der Waals surface area (Å²) in [5.74, 6) is -0.0881. The predicted octanol–water partition coefficient (Wildman–Crippen LogP) is 3.88. The van der Waals surface area contributed by atoms with E-state index in [-0.39, 0.29) is 17.6 Å². The van der Waals surface area contributed by atoms with E-state index in [2.05, 4.69) is 21.2 Å². The molecule has 1 atom stereocenters. The Hall–Kier alpha value is -1.82. The maximum Gasteiger partial charge on any atom is 0.322 e. The van der Waals surface area contributed by atoms with Gasteiger partial charge in [-0.15, -0.1) is 0 Å². The Morgan fingerprint density at radius 1 is 1.35 bits per heavy atom. The van der Waals surface area contributed by atoms with Crippen molar-refractivity contribution in [2.45, 2.75) is 46.2 Å². The second-order valence-corrected chi connectivity index (χ2v) is 7.59. The number of carbonyl (C=O) groups is 2. The number of amides is 2. The summed E-state index contributed by atoms with van der Waals surface area (Å²) in [6.45, 7) is 8.86. The number of carbonyl (C=O) groups excluding carboxylic acids is 2. The summed E-state index contributed by atoms with van der Waals surface area (Å²) in [6.07, 6.45) is 0. The molecule has 0 aromatic heterocycles. The maximum atomic E-state index is 12.6. The van der Waals surface area contributed by atoms with Gasteiger partial charge in [-0.3, -0.25) is 4.79 Å². The smallest absolute Gasteiger partial charge is 0.322 e. The number of hydrogen-bond acceptors (Lipinski definition) is 3. The van der Waals surface area contributed by atoms with E-state index >= 15 is 0 Å². The Morgan fingerprint density at radius 3 is 2.48 bits per heavy atom. The van der Waals surface area contributed by atoms with Gasteiger partial charge in [0.15, 0.2) is 5.78 Å². The van der Waals surface area contributed by atoms with Crippen LogP contribution in [0, 0.1) is 0 Å². The van der Waals surface area contributed by atoms with E-state index in [0.717, 1.165) is 4.47 Å². The number of urea groups is 1. The van der Waals surface area contributed by atoms with Gasteiger partial charge >= 0.3 is 6.03 Å². The van der Waals surface area contributed by atoms with Crippen molar-refractivity contribution in [2.75, 3.05) is 0 Å². The van der Waals surface area contributed by atoms with Crippen molar-refractivity contribution in [1.82, 2.24) is 10.2 Å². The van der Waals surface area contributed by atoms with Crippen LogP contribution in [0.2, 0.25) is 0 Å². The Labute approximate surface area is 144 Å². The standard InChI is InChI=1S/C17H21BrN2O3/c1-9-14(10(2)21)15(12-8-11(18)6-7-13(12)22)20(16(23)19-9)17(3,4)5/h6-8,15,22H,1-5H3,(H,19,23). The topological polar surface area (TPSA) is 69.6 Å². The number of hydrogen-bond donors (Lipinski definition) is 2. The van der Waals surface area contributed by atoms with Crippen LogP contribution in [0.3, 0.4) is 0 Å². The average molecular weight is 381 g/mol. The molecule has 1 aromatic carbocycles. The zero-order valence-corrected chi connectivity index (χ0v) is 15.5. The number of allylic oxidation sites excluding steroid dienone is 1. The molecule has 2 amide bonds. The van der Waals surface area contributed by atoms with E-state index in [1.54, 1.807) is 30.0 Å². The Morgan fingerprint density at radius 2 is 1.96 bits per heavy atom. The molecule has 1 unspecified atom stereocenters. The van der Waals surface area contributed by atoms with Crippen LogP contribution in [-0.4, -0.2) is 27.4 Å². The van der Waals surface area contributed by atoms with Crippen molar-refractivity contribution in [3.8, 4) is 5.75 Å². The third-order valence-electron chi connectivity index (χ3n) is 3.84. The third kappa shape index (κ3) is 3.27. The van der Waals surface area contributed by atoms with Crippen LogP contribution >= 0.6 is 15.9 Å². The first-order valence-electron chi connectivity index (χ1n) is 7.34. The summed E-state index contributed by atoms with van der Waals surface area (Å²) in [6, 6.07) is 4.09. The molecule has 1 aromatic rings. The highest BCUT2D eigenvalue weighted by molar-refractivity contribution is 9.10. The minimum Gasteiger partial charge on any atom is -0.508 e. The number of ketones is 1. The molecule has 1 heterocycles. The number of phenolic OH excluding ortho intramolecular Hbond substituents is 1. The molecule has 23 heavy (non-hydrogen) atoms. The molecule has 0 radical (unpaired) electrons. The Bertz CT molecular complexity index is 704. The Balaban J connectivity index is 2.77. The molecular formula is C17H21BrN2O3. The fourth-order valence-electron chi connectivity index (χ4n) is 2.93. The summed E-state index contributed by atoms with van der Waals surface area (Å²) < 4.78 is 0.769. The average Bonchev–Trinajstić information content (AvgIpc) is 2.38. The minimum atomic E-state index is -0.640. The highest BCUT2D eigenvalue weighted by atomic mass is 79.9. The van der Waals surface area contributed by atoms with Crippen LogP contribution in [0.15, 0.2) is 33.9 Å². The molecule has 2 N–H and O–H groups in total. The Kier molecular flexibility index (Phi) is 4.57. The molecule has 1 aliphatic heterocycles. The van der Waals surface area contributed by atoms with E-state index in [9.17, 15) is 14.7 Å². The van der Waals surface area contributed by atoms with Gasteiger partial charge in [-0.2, -0.15) is 0 Å². The monoisotopic (exact) mass is 380 g/mol. The second kappa shape index (κ2) is 6.00. The van der Waals surface area contributed by atoms with Crippen molar-refractivity contribution >= 4 is 27.7 Å². The van der Waals surface area contributed by atoms with Crippen molar-refractivity contribution in [1.29, 1.82) is 0 Å². The number of aromatic hydroxyl groups is 1. The zero-order chi connectivity index (χ0) is 17.5. The fraction of sp³-hybridized carbons (Fsp3) is 0.412. The van der Waals surface area contributed by atoms with Gasteiger partial charge in [-0.1, -0.05) is 15.9 Å². The van der Waals surface area contributed by atoms with Gasteiger partial charge in [-0.25, -0.2) is 4.79 Å². The molecule has 1 aliphatic rings. The van der Waals surface area contributed by atoms with Crippen LogP contribution in [0.4, 0.5) is 4.79 Å². The molecule has 5 nitrogen and oxygen atoms in total. The highest BCUT2D eigenvalue weighted by Crippen LogP contribution is 2.42. The SMILES string of the molecule is CC(=O)C1=C(C)NC(=O)N(C(C)(C)C)C1c1cc(Br)ccc1O. The van der Waals surface area contributed by atoms with Gasteiger partial charge in [0, 0.05) is 26.8 Å². The summed E-state index contributed by atoms with van der Waals surface area (Å²) in [5.41, 5.74) is 0.985. The zero-order valence-electron chi connectivity index (χ0n) is 13.9. The molecule has 0 bridgehead atoms. The summed E-state index contributed by atoms with van der Waals surface area (Å²) in [7, 11) is 0. The molecule has 0 spiro atoms. The number of Topliss-reactive ketones (excluding diaryl/α,β-unsaturated/α-hetero) is 1. The molecule has 0 fully saturated rings. The van der Waals surface area contributed by atoms with Gasteiger partial charge in [0.1, 0.15) is 5.75 Å². The molecule has 0 aliphatic carbocycles. The molecule has 2 rings (SSSR count). The number of nitrogens with zero attached hydrogens (tertiary/aromatic N) is 1. The molecule has 0 saturated heterocycles. The van der Waals surface area contributed by atoms with Crippen molar-refractivity contribution in [2.24, 2.45) is 0 Å². The van der Waals surface area contributed by atoms with E-state index in [4.69, 9.17) is 0 Å². The lowest BCUT2D eigenvalue weighted by atomic mass is 9.87. The van der Waals surface area contributed by atoms with Crippen LogP contribution in [0.25, 0.3) is 0 Å². The van der Waals surface area contributed by atoms with Crippen LogP contribution in [0.1, 0.15) is 46.2 Å². The first-order valence-corrected chi connectivity index (χ1v) is 8.13. The van der Waals surface area contributed by atoms with E-state index in [0.29, 0.717) is 16.8 Å². The third-order valence-corrected chi connectivity index (χ3v) is 4.33. The van der Waals surface area contributed by atoms with E-state index < -0.39 is 11.6 Å². The maximum absolute atomic E-state index is 12.6. The lowest BCUT2D eigenvalue weighted by molar-refractivity contribution is -0.114. The van der Waals surface area contributed by atoms with Gasteiger partial charge < -0.3 is 15.3 Å². The van der Waals surface area contributed by atoms with Crippen molar-refractivity contribution in [3.63, 3.8) is 0 Å². The van der Waals surface area contributed by atoms with E-state index in [1.165, 1.54) is 6.92 Å². The number of phenols is 1. The lowest BCUT2D eigenvalue weighted by Crippen LogP contribution is -2.55. The van der Waals surface area contributed by atoms with E-state index in [1.807, 2.05) is 20.8 Å². The summed E-state index contributed by atoms with van der Waals surface area (Å²) >= 11 is 3.39. The number of nitrogens with one attached hydrogen (secondary N) is 1. The fourth-order valence-corrected chi connectivity index (χ4v) is 3.31. The molecule has 124 valence electrons. The summed E-state index contributed by atoms with van der Waals surface area (Å²) in [5, 5.41) is 13.1. The van der Waals surface area contributed by atoms with Crippen LogP contribution < -0.4 is 5.32 Å². The van der Waals surface area contributed by atoms with Crippen molar-refractivity contribution in [3.05, 3.63) is 39.5 Å². The predicted molar refractivity (Wildman–Crippen MR) is 92.1 cm³/mol. The summed E-state index contributed by atoms with van der Waals surface area (Å²) in [4.78, 5) is 26.4. The van der Waals surface area contributed by atoms with Gasteiger partial charge in [-0.05, 0) is 52.8 Å². The lowest BCUT2D eigenvalue weighted by Gasteiger charge is -2.45. The quantitative estimate of drug-likeness (QED) is 0.817. The highest BCUT2D eigenvalue weighted by Gasteiger charge is 2.42. The molecular weight excluding hydrogens is 360 g/mol. The second-order valence-electron chi connectivity index (χ2n) is 6.67. The molecule has 0 saturated carbocycles. The van der Waals surface area contributed by atoms with Gasteiger partial charge in [0.05, 0.1) is 6.04 Å². The largest absolute Gasteiger partial charge is 0.508 e. The normalized spacial score (nSPS) is 19.0. The van der Waals surface area contributed by atoms with Crippen molar-refractivity contribution < 1.29 is 14.7 Å². The van der Waals surface area contributed by atoms with Gasteiger partial charge in [0.25, 0.3) is 0 Å². The number of benzene rings is 1. The van der Waals surface area contributed by atoms with Gasteiger partial charge in [0.2, 0.25) is 0 Å². The number of rotatable bonds is 2. The van der Waals surface area contributed by atoms with Crippen LogP contribution in [-0.2, 0) is 4.79 Å². The molecule has 6 heteroatoms.